The van der Waals surface area contributed by atoms with Crippen molar-refractivity contribution in [1.29, 1.82) is 0 Å². The van der Waals surface area contributed by atoms with Gasteiger partial charge in [0.2, 0.25) is 0 Å². The largest absolute Gasteiger partial charge is 0.494 e. The zero-order valence-electron chi connectivity index (χ0n) is 13.1. The summed E-state index contributed by atoms with van der Waals surface area (Å²) in [7, 11) is 1.73. The molecule has 0 saturated heterocycles. The highest BCUT2D eigenvalue weighted by Gasteiger charge is 2.21. The summed E-state index contributed by atoms with van der Waals surface area (Å²) in [5, 5.41) is 0. The molecule has 0 saturated carbocycles. The van der Waals surface area contributed by atoms with E-state index in [1.54, 1.807) is 7.11 Å². The van der Waals surface area contributed by atoms with Gasteiger partial charge in [-0.1, -0.05) is 12.1 Å². The quantitative estimate of drug-likeness (QED) is 0.755. The first-order chi connectivity index (χ1) is 9.63. The van der Waals surface area contributed by atoms with Gasteiger partial charge in [-0.2, -0.15) is 0 Å². The van der Waals surface area contributed by atoms with Gasteiger partial charge in [-0.3, -0.25) is 4.90 Å². The average molecular weight is 280 g/mol. The van der Waals surface area contributed by atoms with Gasteiger partial charge >= 0.3 is 0 Å². The lowest BCUT2D eigenvalue weighted by atomic mass is 10.0. The molecule has 0 spiro atoms. The summed E-state index contributed by atoms with van der Waals surface area (Å²) >= 11 is 0. The van der Waals surface area contributed by atoms with Crippen LogP contribution in [-0.4, -0.2) is 44.4 Å². The molecule has 0 radical (unpaired) electrons. The molecule has 0 aliphatic rings. The lowest BCUT2D eigenvalue weighted by Crippen LogP contribution is -2.40. The first kappa shape index (κ1) is 17.0. The average Bonchev–Trinajstić information content (AvgIpc) is 2.43. The van der Waals surface area contributed by atoms with E-state index >= 15 is 0 Å². The van der Waals surface area contributed by atoms with E-state index in [-0.39, 0.29) is 6.04 Å². The van der Waals surface area contributed by atoms with E-state index < -0.39 is 0 Å². The highest BCUT2D eigenvalue weighted by atomic mass is 16.5. The monoisotopic (exact) mass is 280 g/mol. The summed E-state index contributed by atoms with van der Waals surface area (Å²) in [5.74, 6) is 0.902. The fourth-order valence-corrected chi connectivity index (χ4v) is 2.41. The summed E-state index contributed by atoms with van der Waals surface area (Å²) in [4.78, 5) is 2.37. The molecule has 0 fully saturated rings. The van der Waals surface area contributed by atoms with Crippen molar-refractivity contribution >= 4 is 0 Å². The lowest BCUT2D eigenvalue weighted by molar-refractivity contribution is 0.0978. The fraction of sp³-hybridized carbons (Fsp3) is 0.625. The Kier molecular flexibility index (Phi) is 7.59. The highest BCUT2D eigenvalue weighted by molar-refractivity contribution is 5.31. The normalized spacial score (nSPS) is 12.9. The smallest absolute Gasteiger partial charge is 0.119 e. The second-order valence-electron chi connectivity index (χ2n) is 5.08. The van der Waals surface area contributed by atoms with E-state index in [9.17, 15) is 0 Å². The molecule has 0 bridgehead atoms. The van der Waals surface area contributed by atoms with Crippen LogP contribution in [0.4, 0.5) is 0 Å². The molecule has 1 aromatic carbocycles. The van der Waals surface area contributed by atoms with Crippen LogP contribution in [0.1, 0.15) is 32.4 Å². The molecule has 0 amide bonds. The zero-order chi connectivity index (χ0) is 15.0. The van der Waals surface area contributed by atoms with E-state index in [0.717, 1.165) is 12.3 Å². The van der Waals surface area contributed by atoms with E-state index in [0.29, 0.717) is 25.8 Å². The summed E-state index contributed by atoms with van der Waals surface area (Å²) in [5.41, 5.74) is 7.21. The van der Waals surface area contributed by atoms with Crippen LogP contribution in [0.3, 0.4) is 0 Å². The number of hydrogen-bond donors (Lipinski definition) is 1. The molecule has 1 unspecified atom stereocenters. The van der Waals surface area contributed by atoms with Crippen LogP contribution in [0.15, 0.2) is 24.3 Å². The van der Waals surface area contributed by atoms with Gasteiger partial charge < -0.3 is 15.2 Å². The Morgan fingerprint density at radius 2 is 2.05 bits per heavy atom. The Morgan fingerprint density at radius 3 is 2.60 bits per heavy atom. The molecule has 1 rings (SSSR count). The van der Waals surface area contributed by atoms with Gasteiger partial charge in [0.05, 0.1) is 13.2 Å². The minimum Gasteiger partial charge on any atom is -0.494 e. The molecule has 4 nitrogen and oxygen atoms in total. The summed E-state index contributed by atoms with van der Waals surface area (Å²) in [6.07, 6.45) is 0. The van der Waals surface area contributed by atoms with Crippen LogP contribution in [0.5, 0.6) is 5.75 Å². The van der Waals surface area contributed by atoms with Crippen molar-refractivity contribution in [1.82, 2.24) is 4.90 Å². The number of hydrogen-bond acceptors (Lipinski definition) is 4. The van der Waals surface area contributed by atoms with Crippen LogP contribution >= 0.6 is 0 Å². The van der Waals surface area contributed by atoms with E-state index in [2.05, 4.69) is 30.9 Å². The molecule has 1 aromatic rings. The van der Waals surface area contributed by atoms with Gasteiger partial charge in [0.1, 0.15) is 5.75 Å². The molecule has 20 heavy (non-hydrogen) atoms. The highest BCUT2D eigenvalue weighted by Crippen LogP contribution is 2.25. The molecular weight excluding hydrogens is 252 g/mol. The molecule has 114 valence electrons. The first-order valence-corrected chi connectivity index (χ1v) is 7.31. The van der Waals surface area contributed by atoms with Crippen molar-refractivity contribution in [2.45, 2.75) is 32.9 Å². The van der Waals surface area contributed by atoms with E-state index in [4.69, 9.17) is 15.2 Å². The van der Waals surface area contributed by atoms with Crippen molar-refractivity contribution in [2.75, 3.05) is 33.4 Å². The summed E-state index contributed by atoms with van der Waals surface area (Å²) in [6, 6.07) is 8.80. The van der Waals surface area contributed by atoms with Crippen molar-refractivity contribution in [3.63, 3.8) is 0 Å². The Labute approximate surface area is 122 Å². The van der Waals surface area contributed by atoms with Gasteiger partial charge in [-0.25, -0.2) is 0 Å². The topological polar surface area (TPSA) is 47.7 Å². The van der Waals surface area contributed by atoms with Gasteiger partial charge in [-0.15, -0.1) is 0 Å². The lowest BCUT2D eigenvalue weighted by Gasteiger charge is -2.34. The van der Waals surface area contributed by atoms with Crippen molar-refractivity contribution < 1.29 is 9.47 Å². The van der Waals surface area contributed by atoms with Crippen LogP contribution in [0.25, 0.3) is 0 Å². The zero-order valence-corrected chi connectivity index (χ0v) is 13.1. The maximum atomic E-state index is 6.02. The molecule has 0 aromatic heterocycles. The minimum absolute atomic E-state index is 0.186. The van der Waals surface area contributed by atoms with E-state index in [1.807, 2.05) is 19.1 Å². The Hall–Kier alpha value is -1.10. The maximum Gasteiger partial charge on any atom is 0.119 e. The van der Waals surface area contributed by atoms with Crippen LogP contribution in [0, 0.1) is 0 Å². The molecule has 4 heteroatoms. The van der Waals surface area contributed by atoms with E-state index in [1.165, 1.54) is 5.56 Å². The Morgan fingerprint density at radius 1 is 1.30 bits per heavy atom. The Balaban J connectivity index is 2.93. The second kappa shape index (κ2) is 8.95. The Bertz CT molecular complexity index is 382. The predicted octanol–water partition coefficient (Wildman–Crippen LogP) is 2.44. The predicted molar refractivity (Wildman–Crippen MR) is 83.1 cm³/mol. The van der Waals surface area contributed by atoms with Gasteiger partial charge in [0.15, 0.2) is 0 Å². The third-order valence-corrected chi connectivity index (χ3v) is 3.39. The molecule has 0 aliphatic heterocycles. The molecule has 1 atom stereocenters. The first-order valence-electron chi connectivity index (χ1n) is 7.31. The number of rotatable bonds is 9. The summed E-state index contributed by atoms with van der Waals surface area (Å²) in [6.45, 7) is 9.20. The maximum absolute atomic E-state index is 6.02. The standard InChI is InChI=1S/C16H28N2O2/c1-5-20-15-8-6-7-14(11-15)16(12-17)18(13(2)3)9-10-19-4/h6-8,11,13,16H,5,9-10,12,17H2,1-4H3. The van der Waals surface area contributed by atoms with Crippen molar-refractivity contribution in [3.8, 4) is 5.75 Å². The fourth-order valence-electron chi connectivity index (χ4n) is 2.41. The number of ether oxygens (including phenoxy) is 2. The van der Waals surface area contributed by atoms with Gasteiger partial charge in [0.25, 0.3) is 0 Å². The molecule has 0 heterocycles. The third-order valence-electron chi connectivity index (χ3n) is 3.39. The number of methoxy groups -OCH3 is 1. The van der Waals surface area contributed by atoms with Gasteiger partial charge in [-0.05, 0) is 38.5 Å². The number of benzene rings is 1. The number of nitrogens with zero attached hydrogens (tertiary/aromatic N) is 1. The molecule has 2 N–H and O–H groups in total. The van der Waals surface area contributed by atoms with Crippen molar-refractivity contribution in [2.24, 2.45) is 5.73 Å². The number of nitrogens with two attached hydrogens (primary N) is 1. The van der Waals surface area contributed by atoms with Crippen molar-refractivity contribution in [3.05, 3.63) is 29.8 Å². The third kappa shape index (κ3) is 4.78. The second-order valence-corrected chi connectivity index (χ2v) is 5.08. The van der Waals surface area contributed by atoms with Crippen LogP contribution in [-0.2, 0) is 4.74 Å². The summed E-state index contributed by atoms with van der Waals surface area (Å²) < 4.78 is 10.8. The van der Waals surface area contributed by atoms with Crippen LogP contribution in [0.2, 0.25) is 0 Å². The minimum atomic E-state index is 0.186. The molecular formula is C16H28N2O2. The van der Waals surface area contributed by atoms with Crippen LogP contribution < -0.4 is 10.5 Å². The molecule has 0 aliphatic carbocycles. The van der Waals surface area contributed by atoms with Gasteiger partial charge in [0, 0.05) is 32.3 Å². The SMILES string of the molecule is CCOc1cccc(C(CN)N(CCOC)C(C)C)c1.